The molecule has 1 atom stereocenters. The first-order chi connectivity index (χ1) is 12.9. The number of fused-ring (bicyclic) bond motifs is 1. The van der Waals surface area contributed by atoms with Gasteiger partial charge >= 0.3 is 0 Å². The first-order valence-electron chi connectivity index (χ1n) is 9.06. The highest BCUT2D eigenvalue weighted by molar-refractivity contribution is 7.91. The molecule has 27 heavy (non-hydrogen) atoms. The maximum Gasteiger partial charge on any atom is 0.239 e. The van der Waals surface area contributed by atoms with Crippen LogP contribution in [0.15, 0.2) is 18.2 Å². The van der Waals surface area contributed by atoms with Crippen LogP contribution in [0.1, 0.15) is 24.8 Å². The summed E-state index contributed by atoms with van der Waals surface area (Å²) in [6.45, 7) is 0.948. The summed E-state index contributed by atoms with van der Waals surface area (Å²) in [7, 11) is -3.04. The van der Waals surface area contributed by atoms with Crippen molar-refractivity contribution in [3.8, 4) is 11.5 Å². The van der Waals surface area contributed by atoms with Crippen molar-refractivity contribution in [2.45, 2.75) is 31.7 Å². The topological polar surface area (TPSA) is 111 Å². The molecule has 0 aliphatic carbocycles. The van der Waals surface area contributed by atoms with E-state index >= 15 is 0 Å². The van der Waals surface area contributed by atoms with Gasteiger partial charge in [0.2, 0.25) is 11.8 Å². The second kappa shape index (κ2) is 8.60. The Hall–Kier alpha value is -2.29. The van der Waals surface area contributed by atoms with Gasteiger partial charge in [0.1, 0.15) is 13.2 Å². The Morgan fingerprint density at radius 2 is 1.89 bits per heavy atom. The second-order valence-electron chi connectivity index (χ2n) is 6.78. The first-order valence-corrected chi connectivity index (χ1v) is 10.9. The molecular formula is C18H24N2O6S. The van der Waals surface area contributed by atoms with Gasteiger partial charge in [0, 0.05) is 12.5 Å². The van der Waals surface area contributed by atoms with Gasteiger partial charge in [-0.25, -0.2) is 8.42 Å². The van der Waals surface area contributed by atoms with Gasteiger partial charge in [-0.2, -0.15) is 0 Å². The van der Waals surface area contributed by atoms with Gasteiger partial charge in [0.25, 0.3) is 0 Å². The molecule has 2 aliphatic heterocycles. The SMILES string of the molecule is O=C(CCCc1ccc2c(c1)OCCO2)NCC(=O)NC1CCS(=O)(=O)C1. The molecule has 0 saturated carbocycles. The van der Waals surface area contributed by atoms with Crippen molar-refractivity contribution in [2.75, 3.05) is 31.3 Å². The summed E-state index contributed by atoms with van der Waals surface area (Å²) in [6.07, 6.45) is 2.10. The summed E-state index contributed by atoms with van der Waals surface area (Å²) in [5.74, 6) is 0.975. The third kappa shape index (κ3) is 5.85. The van der Waals surface area contributed by atoms with Crippen molar-refractivity contribution in [1.82, 2.24) is 10.6 Å². The van der Waals surface area contributed by atoms with Gasteiger partial charge in [-0.05, 0) is 37.0 Å². The van der Waals surface area contributed by atoms with Crippen molar-refractivity contribution in [2.24, 2.45) is 0 Å². The molecule has 8 nitrogen and oxygen atoms in total. The molecule has 0 radical (unpaired) electrons. The summed E-state index contributed by atoms with van der Waals surface area (Å²) in [4.78, 5) is 23.7. The third-order valence-electron chi connectivity index (χ3n) is 4.52. The summed E-state index contributed by atoms with van der Waals surface area (Å²) in [5.41, 5.74) is 1.06. The minimum atomic E-state index is -3.04. The van der Waals surface area contributed by atoms with Gasteiger partial charge in [-0.3, -0.25) is 9.59 Å². The Balaban J connectivity index is 1.33. The molecule has 1 aromatic carbocycles. The Labute approximate surface area is 158 Å². The van der Waals surface area contributed by atoms with Crippen LogP contribution in [0.2, 0.25) is 0 Å². The highest BCUT2D eigenvalue weighted by Gasteiger charge is 2.28. The van der Waals surface area contributed by atoms with E-state index < -0.39 is 9.84 Å². The van der Waals surface area contributed by atoms with Crippen molar-refractivity contribution in [1.29, 1.82) is 0 Å². The smallest absolute Gasteiger partial charge is 0.239 e. The third-order valence-corrected chi connectivity index (χ3v) is 6.29. The molecule has 9 heteroatoms. The number of carbonyl (C=O) groups excluding carboxylic acids is 2. The van der Waals surface area contributed by atoms with Crippen LogP contribution in [0, 0.1) is 0 Å². The highest BCUT2D eigenvalue weighted by atomic mass is 32.2. The Morgan fingerprint density at radius 1 is 1.11 bits per heavy atom. The standard InChI is InChI=1S/C18H24N2O6S/c21-17(19-11-18(22)20-14-6-9-27(23,24)12-14)3-1-2-13-4-5-15-16(10-13)26-8-7-25-15/h4-5,10,14H,1-3,6-9,11-12H2,(H,19,21)(H,20,22). The number of carbonyl (C=O) groups is 2. The van der Waals surface area contributed by atoms with E-state index in [1.165, 1.54) is 0 Å². The van der Waals surface area contributed by atoms with Crippen molar-refractivity contribution in [3.63, 3.8) is 0 Å². The Morgan fingerprint density at radius 3 is 2.63 bits per heavy atom. The summed E-state index contributed by atoms with van der Waals surface area (Å²) in [5, 5.41) is 5.21. The van der Waals surface area contributed by atoms with E-state index in [2.05, 4.69) is 10.6 Å². The fourth-order valence-corrected chi connectivity index (χ4v) is 4.82. The quantitative estimate of drug-likeness (QED) is 0.681. The number of nitrogens with one attached hydrogen (secondary N) is 2. The average Bonchev–Trinajstić information content (AvgIpc) is 2.98. The predicted molar refractivity (Wildman–Crippen MR) is 98.6 cm³/mol. The number of ether oxygens (including phenoxy) is 2. The van der Waals surface area contributed by atoms with E-state index in [1.54, 1.807) is 0 Å². The molecule has 1 fully saturated rings. The number of hydrogen-bond donors (Lipinski definition) is 2. The van der Waals surface area contributed by atoms with Crippen LogP contribution in [0.3, 0.4) is 0 Å². The Kier molecular flexibility index (Phi) is 6.20. The fourth-order valence-electron chi connectivity index (χ4n) is 3.15. The number of aryl methyl sites for hydroxylation is 1. The zero-order valence-corrected chi connectivity index (χ0v) is 15.8. The van der Waals surface area contributed by atoms with Gasteiger partial charge in [0.05, 0.1) is 18.1 Å². The van der Waals surface area contributed by atoms with Gasteiger partial charge in [0.15, 0.2) is 21.3 Å². The van der Waals surface area contributed by atoms with Gasteiger partial charge < -0.3 is 20.1 Å². The van der Waals surface area contributed by atoms with Crippen LogP contribution in [0.5, 0.6) is 11.5 Å². The van der Waals surface area contributed by atoms with Crippen LogP contribution in [0.4, 0.5) is 0 Å². The second-order valence-corrected chi connectivity index (χ2v) is 9.00. The molecule has 2 amide bonds. The van der Waals surface area contributed by atoms with E-state index in [1.807, 2.05) is 18.2 Å². The van der Waals surface area contributed by atoms with E-state index in [0.29, 0.717) is 32.5 Å². The van der Waals surface area contributed by atoms with Crippen molar-refractivity contribution >= 4 is 21.7 Å². The normalized spacial score (nSPS) is 20.1. The van der Waals surface area contributed by atoms with Crippen LogP contribution >= 0.6 is 0 Å². The van der Waals surface area contributed by atoms with E-state index in [4.69, 9.17) is 9.47 Å². The zero-order chi connectivity index (χ0) is 19.3. The lowest BCUT2D eigenvalue weighted by molar-refractivity contribution is -0.126. The molecule has 2 aliphatic rings. The highest BCUT2D eigenvalue weighted by Crippen LogP contribution is 2.31. The largest absolute Gasteiger partial charge is 0.486 e. The molecule has 148 valence electrons. The summed E-state index contributed by atoms with van der Waals surface area (Å²) in [6, 6.07) is 5.40. The lowest BCUT2D eigenvalue weighted by Crippen LogP contribution is -2.42. The fraction of sp³-hybridized carbons (Fsp3) is 0.556. The van der Waals surface area contributed by atoms with Gasteiger partial charge in [-0.15, -0.1) is 0 Å². The van der Waals surface area contributed by atoms with Crippen molar-refractivity contribution < 1.29 is 27.5 Å². The zero-order valence-electron chi connectivity index (χ0n) is 15.0. The molecule has 1 saturated heterocycles. The minimum absolute atomic E-state index is 0.0256. The van der Waals surface area contributed by atoms with E-state index in [9.17, 15) is 18.0 Å². The number of rotatable bonds is 7. The lowest BCUT2D eigenvalue weighted by Gasteiger charge is -2.18. The number of sulfone groups is 1. The molecule has 0 aromatic heterocycles. The number of amides is 2. The maximum absolute atomic E-state index is 11.9. The van der Waals surface area contributed by atoms with E-state index in [0.717, 1.165) is 23.5 Å². The molecule has 3 rings (SSSR count). The predicted octanol–water partition coefficient (Wildman–Crippen LogP) is 0.200. The molecule has 1 unspecified atom stereocenters. The van der Waals surface area contributed by atoms with Gasteiger partial charge in [-0.1, -0.05) is 6.07 Å². The molecule has 2 N–H and O–H groups in total. The maximum atomic E-state index is 11.9. The molecule has 0 bridgehead atoms. The van der Waals surface area contributed by atoms with Crippen molar-refractivity contribution in [3.05, 3.63) is 23.8 Å². The molecule has 1 aromatic rings. The van der Waals surface area contributed by atoms with Crippen LogP contribution in [-0.4, -0.2) is 57.5 Å². The summed E-state index contributed by atoms with van der Waals surface area (Å²) >= 11 is 0. The molecular weight excluding hydrogens is 372 g/mol. The number of hydrogen-bond acceptors (Lipinski definition) is 6. The van der Waals surface area contributed by atoms with Crippen LogP contribution < -0.4 is 20.1 Å². The van der Waals surface area contributed by atoms with Crippen LogP contribution in [-0.2, 0) is 25.8 Å². The van der Waals surface area contributed by atoms with Crippen LogP contribution in [0.25, 0.3) is 0 Å². The first kappa shape index (κ1) is 19.5. The lowest BCUT2D eigenvalue weighted by atomic mass is 10.1. The monoisotopic (exact) mass is 396 g/mol. The number of benzene rings is 1. The average molecular weight is 396 g/mol. The Bertz CT molecular complexity index is 808. The minimum Gasteiger partial charge on any atom is -0.486 e. The molecule has 2 heterocycles. The van der Waals surface area contributed by atoms with E-state index in [-0.39, 0.29) is 35.9 Å². The molecule has 0 spiro atoms. The summed E-state index contributed by atoms with van der Waals surface area (Å²) < 4.78 is 33.7.